The molecule has 0 N–H and O–H groups in total. The van der Waals surface area contributed by atoms with E-state index in [0.717, 1.165) is 18.8 Å². The Labute approximate surface area is 148 Å². The lowest BCUT2D eigenvalue weighted by molar-refractivity contribution is -0.134. The van der Waals surface area contributed by atoms with Gasteiger partial charge < -0.3 is 14.2 Å². The van der Waals surface area contributed by atoms with Crippen molar-refractivity contribution in [1.82, 2.24) is 9.47 Å². The Morgan fingerprint density at radius 2 is 1.88 bits per heavy atom. The minimum absolute atomic E-state index is 0.0658. The van der Waals surface area contributed by atoms with Crippen LogP contribution in [0.3, 0.4) is 0 Å². The summed E-state index contributed by atoms with van der Waals surface area (Å²) >= 11 is 0. The number of carbonyl (C=O) groups excluding carboxylic acids is 2. The minimum atomic E-state index is 0.0658. The number of hydrogen-bond donors (Lipinski definition) is 0. The zero-order valence-electron chi connectivity index (χ0n) is 14.8. The summed E-state index contributed by atoms with van der Waals surface area (Å²) < 4.78 is 7.29. The summed E-state index contributed by atoms with van der Waals surface area (Å²) in [5.74, 6) is 0.925. The van der Waals surface area contributed by atoms with Gasteiger partial charge in [-0.3, -0.25) is 9.59 Å². The van der Waals surface area contributed by atoms with Gasteiger partial charge in [0.15, 0.2) is 5.78 Å². The fraction of sp³-hybridized carbons (Fsp3) is 0.400. The monoisotopic (exact) mass is 340 g/mol. The number of hydrogen-bond acceptors (Lipinski definition) is 3. The summed E-state index contributed by atoms with van der Waals surface area (Å²) in [7, 11) is 1.60. The summed E-state index contributed by atoms with van der Waals surface area (Å²) in [6.07, 6.45) is 3.43. The van der Waals surface area contributed by atoms with Crippen molar-refractivity contribution in [1.29, 1.82) is 0 Å². The number of nitrogens with zero attached hydrogens (tertiary/aromatic N) is 2. The Morgan fingerprint density at radius 3 is 2.60 bits per heavy atom. The van der Waals surface area contributed by atoms with Crippen molar-refractivity contribution in [3.05, 3.63) is 53.9 Å². The van der Waals surface area contributed by atoms with Gasteiger partial charge >= 0.3 is 0 Å². The molecule has 132 valence electrons. The fourth-order valence-electron chi connectivity index (χ4n) is 3.38. The maximum Gasteiger partial charge on any atom is 0.223 e. The van der Waals surface area contributed by atoms with Crippen molar-refractivity contribution >= 4 is 11.7 Å². The number of benzene rings is 1. The number of rotatable bonds is 6. The average molecular weight is 340 g/mol. The molecule has 3 rings (SSSR count). The normalized spacial score (nSPS) is 16.4. The second-order valence-corrected chi connectivity index (χ2v) is 6.39. The molecule has 1 aliphatic heterocycles. The van der Waals surface area contributed by atoms with E-state index >= 15 is 0 Å². The molecular weight excluding hydrogens is 316 g/mol. The first-order chi connectivity index (χ1) is 12.1. The van der Waals surface area contributed by atoms with Gasteiger partial charge in [-0.2, -0.15) is 0 Å². The molecule has 0 aliphatic carbocycles. The highest BCUT2D eigenvalue weighted by Crippen LogP contribution is 2.26. The summed E-state index contributed by atoms with van der Waals surface area (Å²) in [5.41, 5.74) is 1.84. The van der Waals surface area contributed by atoms with Gasteiger partial charge in [0.05, 0.1) is 13.2 Å². The zero-order chi connectivity index (χ0) is 17.8. The second-order valence-electron chi connectivity index (χ2n) is 6.39. The third-order valence-electron chi connectivity index (χ3n) is 4.87. The lowest BCUT2D eigenvalue weighted by Gasteiger charge is -2.35. The van der Waals surface area contributed by atoms with Gasteiger partial charge in [0.1, 0.15) is 5.75 Å². The quantitative estimate of drug-likeness (QED) is 0.757. The van der Waals surface area contributed by atoms with Crippen molar-refractivity contribution in [2.75, 3.05) is 13.7 Å². The first kappa shape index (κ1) is 17.3. The molecule has 1 aliphatic rings. The first-order valence-electron chi connectivity index (χ1n) is 8.72. The lowest BCUT2D eigenvalue weighted by atomic mass is 10.0. The fourth-order valence-corrected chi connectivity index (χ4v) is 3.38. The average Bonchev–Trinajstić information content (AvgIpc) is 3.11. The SMILES string of the molecule is COc1ccc(C(=O)CCCC(=O)N2CCn3cccc3[C@H]2C)cc1. The van der Waals surface area contributed by atoms with Gasteiger partial charge in [0.2, 0.25) is 5.91 Å². The molecular formula is C20H24N2O3. The summed E-state index contributed by atoms with van der Waals surface area (Å²) in [6.45, 7) is 3.63. The van der Waals surface area contributed by atoms with Crippen molar-refractivity contribution in [2.24, 2.45) is 0 Å². The Balaban J connectivity index is 1.50. The molecule has 1 aromatic carbocycles. The molecule has 0 radical (unpaired) electrons. The number of ketones is 1. The van der Waals surface area contributed by atoms with Crippen LogP contribution in [0.25, 0.3) is 0 Å². The molecule has 0 saturated carbocycles. The van der Waals surface area contributed by atoms with E-state index in [4.69, 9.17) is 4.74 Å². The number of ether oxygens (including phenoxy) is 1. The highest BCUT2D eigenvalue weighted by molar-refractivity contribution is 5.96. The first-order valence-corrected chi connectivity index (χ1v) is 8.72. The van der Waals surface area contributed by atoms with E-state index in [2.05, 4.69) is 23.8 Å². The van der Waals surface area contributed by atoms with Crippen LogP contribution in [0, 0.1) is 0 Å². The molecule has 1 atom stereocenters. The van der Waals surface area contributed by atoms with Gasteiger partial charge in [-0.15, -0.1) is 0 Å². The Hall–Kier alpha value is -2.56. The van der Waals surface area contributed by atoms with E-state index in [-0.39, 0.29) is 17.7 Å². The van der Waals surface area contributed by atoms with Gasteiger partial charge in [-0.1, -0.05) is 0 Å². The third kappa shape index (κ3) is 3.76. The number of fused-ring (bicyclic) bond motifs is 1. The van der Waals surface area contributed by atoms with E-state index in [1.807, 2.05) is 11.0 Å². The molecule has 0 fully saturated rings. The second kappa shape index (κ2) is 7.55. The molecule has 5 heteroatoms. The number of carbonyl (C=O) groups is 2. The van der Waals surface area contributed by atoms with Crippen LogP contribution >= 0.6 is 0 Å². The van der Waals surface area contributed by atoms with Crippen LogP contribution < -0.4 is 4.74 Å². The van der Waals surface area contributed by atoms with Crippen LogP contribution in [0.4, 0.5) is 0 Å². The number of methoxy groups -OCH3 is 1. The topological polar surface area (TPSA) is 51.5 Å². The maximum atomic E-state index is 12.5. The Morgan fingerprint density at radius 1 is 1.12 bits per heavy atom. The van der Waals surface area contributed by atoms with Gasteiger partial charge in [0.25, 0.3) is 0 Å². The molecule has 2 heterocycles. The van der Waals surface area contributed by atoms with Crippen molar-refractivity contribution in [3.63, 3.8) is 0 Å². The molecule has 5 nitrogen and oxygen atoms in total. The largest absolute Gasteiger partial charge is 0.497 e. The van der Waals surface area contributed by atoms with E-state index in [1.165, 1.54) is 5.69 Å². The Bertz CT molecular complexity index is 749. The lowest BCUT2D eigenvalue weighted by Crippen LogP contribution is -2.40. The maximum absolute atomic E-state index is 12.5. The molecule has 0 unspecified atom stereocenters. The predicted octanol–water partition coefficient (Wildman–Crippen LogP) is 3.45. The number of amides is 1. The highest BCUT2D eigenvalue weighted by atomic mass is 16.5. The van der Waals surface area contributed by atoms with Crippen LogP contribution in [0.15, 0.2) is 42.6 Å². The summed E-state index contributed by atoms with van der Waals surface area (Å²) in [5, 5.41) is 0. The predicted molar refractivity (Wildman–Crippen MR) is 95.7 cm³/mol. The zero-order valence-corrected chi connectivity index (χ0v) is 14.8. The molecule has 1 amide bonds. The van der Waals surface area contributed by atoms with E-state index in [9.17, 15) is 9.59 Å². The Kier molecular flexibility index (Phi) is 5.22. The van der Waals surface area contributed by atoms with E-state index in [0.29, 0.717) is 24.8 Å². The van der Waals surface area contributed by atoms with E-state index in [1.54, 1.807) is 31.4 Å². The van der Waals surface area contributed by atoms with Crippen molar-refractivity contribution in [2.45, 2.75) is 38.8 Å². The van der Waals surface area contributed by atoms with Crippen LogP contribution in [0.1, 0.15) is 48.3 Å². The number of aromatic nitrogens is 1. The minimum Gasteiger partial charge on any atom is -0.497 e. The van der Waals surface area contributed by atoms with Crippen molar-refractivity contribution < 1.29 is 14.3 Å². The third-order valence-corrected chi connectivity index (χ3v) is 4.87. The standard InChI is InChI=1S/C20H24N2O3/c1-15-18-5-4-12-21(18)13-14-22(15)20(24)7-3-6-19(23)16-8-10-17(25-2)11-9-16/h4-5,8-12,15H,3,6-7,13-14H2,1-2H3/t15-/m1/s1. The smallest absolute Gasteiger partial charge is 0.223 e. The van der Waals surface area contributed by atoms with Gasteiger partial charge in [0, 0.05) is 43.4 Å². The summed E-state index contributed by atoms with van der Waals surface area (Å²) in [6, 6.07) is 11.3. The van der Waals surface area contributed by atoms with Gasteiger partial charge in [-0.05, 0) is 49.7 Å². The molecule has 0 bridgehead atoms. The highest BCUT2D eigenvalue weighted by Gasteiger charge is 2.26. The van der Waals surface area contributed by atoms with Crippen LogP contribution in [0.5, 0.6) is 5.75 Å². The van der Waals surface area contributed by atoms with Crippen molar-refractivity contribution in [3.8, 4) is 5.75 Å². The summed E-state index contributed by atoms with van der Waals surface area (Å²) in [4.78, 5) is 26.7. The van der Waals surface area contributed by atoms with Crippen LogP contribution in [0.2, 0.25) is 0 Å². The van der Waals surface area contributed by atoms with E-state index < -0.39 is 0 Å². The van der Waals surface area contributed by atoms with Gasteiger partial charge in [-0.25, -0.2) is 0 Å². The molecule has 1 aromatic heterocycles. The molecule has 25 heavy (non-hydrogen) atoms. The van der Waals surface area contributed by atoms with Crippen LogP contribution in [-0.4, -0.2) is 34.8 Å². The molecule has 0 saturated heterocycles. The van der Waals surface area contributed by atoms with Crippen LogP contribution in [-0.2, 0) is 11.3 Å². The molecule has 0 spiro atoms. The number of Topliss-reactive ketones (excluding diaryl/α,β-unsaturated/α-hetero) is 1. The molecule has 2 aromatic rings.